The van der Waals surface area contributed by atoms with Gasteiger partial charge in [-0.3, -0.25) is 0 Å². The van der Waals surface area contributed by atoms with Gasteiger partial charge in [0, 0.05) is 0 Å². The number of rotatable bonds is 0. The van der Waals surface area contributed by atoms with Crippen LogP contribution in [0.3, 0.4) is 0 Å². The number of carboxylic acids is 8. The van der Waals surface area contributed by atoms with Crippen LogP contribution in [-0.4, -0.2) is 47.8 Å². The zero-order valence-electron chi connectivity index (χ0n) is 11.5. The first-order valence-electron chi connectivity index (χ1n) is 4.27. The molecule has 0 fully saturated rings. The minimum Gasteiger partial charge on any atom is -0.543 e. The maximum Gasteiger partial charge on any atom is 4.00 e. The standard InChI is InChI=1S/4C2H2O4.2Hf/c4*3-1(4)2(5)6;;/h4*(H,3,4)(H,5,6);;/q;;;;2*+4/p-8. The molecule has 0 aromatic carbocycles. The van der Waals surface area contributed by atoms with E-state index in [-0.39, 0.29) is 51.7 Å². The molecule has 0 atom stereocenters. The average Bonchev–Trinajstić information content (AvgIpc) is 2.40. The van der Waals surface area contributed by atoms with Gasteiger partial charge in [-0.25, -0.2) is 0 Å². The Labute approximate surface area is 178 Å². The summed E-state index contributed by atoms with van der Waals surface area (Å²) >= 11 is 0. The minimum absolute atomic E-state index is 0. The molecule has 0 spiro atoms. The van der Waals surface area contributed by atoms with Crippen LogP contribution < -0.4 is 40.9 Å². The topological polar surface area (TPSA) is 321 Å². The van der Waals surface area contributed by atoms with Gasteiger partial charge in [0.15, 0.2) is 0 Å². The van der Waals surface area contributed by atoms with Gasteiger partial charge in [0.2, 0.25) is 0 Å². The van der Waals surface area contributed by atoms with Crippen molar-refractivity contribution in [1.82, 2.24) is 0 Å². The Morgan fingerprint density at radius 3 is 0.308 bits per heavy atom. The first kappa shape index (κ1) is 38.8. The van der Waals surface area contributed by atoms with Gasteiger partial charge in [0.05, 0.1) is 47.8 Å². The first-order valence-corrected chi connectivity index (χ1v) is 4.27. The maximum absolute atomic E-state index is 8.93. The Morgan fingerprint density at radius 1 is 0.269 bits per heavy atom. The summed E-state index contributed by atoms with van der Waals surface area (Å²) in [6.07, 6.45) is 0. The summed E-state index contributed by atoms with van der Waals surface area (Å²) in [5, 5.41) is 71.4. The Kier molecular flexibility index (Phi) is 33.6. The number of aliphatic carboxylic acids is 8. The molecule has 0 aromatic heterocycles. The van der Waals surface area contributed by atoms with Gasteiger partial charge in [-0.1, -0.05) is 0 Å². The van der Waals surface area contributed by atoms with E-state index < -0.39 is 47.8 Å². The van der Waals surface area contributed by atoms with Gasteiger partial charge in [-0.05, 0) is 0 Å². The number of hydrogen-bond donors (Lipinski definition) is 0. The summed E-state index contributed by atoms with van der Waals surface area (Å²) in [5.74, 6) is -17.5. The molecule has 0 bridgehead atoms. The van der Waals surface area contributed by atoms with Crippen LogP contribution in [0.4, 0.5) is 0 Å². The SMILES string of the molecule is O=C([O-])C(=O)[O-].O=C([O-])C(=O)[O-].O=C([O-])C(=O)[O-].O=C([O-])C(=O)[O-].[Hf+4].[Hf+4]. The van der Waals surface area contributed by atoms with E-state index in [0.717, 1.165) is 0 Å². The second-order valence-electron chi connectivity index (χ2n) is 2.30. The maximum atomic E-state index is 8.93. The normalized spacial score (nSPS) is 6.77. The summed E-state index contributed by atoms with van der Waals surface area (Å²) in [5.41, 5.74) is 0. The zero-order valence-corrected chi connectivity index (χ0v) is 18.7. The number of hydrogen-bond acceptors (Lipinski definition) is 16. The molecule has 0 aliphatic carbocycles. The Hall–Kier alpha value is -2.50. The summed E-state index contributed by atoms with van der Waals surface area (Å²) in [4.78, 5) is 71.4. The van der Waals surface area contributed by atoms with Crippen LogP contribution in [-0.2, 0) is 90.0 Å². The molecule has 0 aliphatic heterocycles. The summed E-state index contributed by atoms with van der Waals surface area (Å²) in [6, 6.07) is 0. The molecule has 0 saturated carbocycles. The van der Waals surface area contributed by atoms with Gasteiger partial charge in [-0.2, -0.15) is 0 Å². The fourth-order valence-corrected chi connectivity index (χ4v) is 0. The summed E-state index contributed by atoms with van der Waals surface area (Å²) in [7, 11) is 0. The van der Waals surface area contributed by atoms with Crippen LogP contribution in [0.5, 0.6) is 0 Å². The first-order chi connectivity index (χ1) is 10.6. The molecule has 0 amide bonds. The Bertz CT molecular complexity index is 392. The third kappa shape index (κ3) is 49.6. The summed E-state index contributed by atoms with van der Waals surface area (Å²) in [6.45, 7) is 0. The van der Waals surface area contributed by atoms with Gasteiger partial charge >= 0.3 is 51.7 Å². The minimum atomic E-state index is -2.19. The van der Waals surface area contributed by atoms with Crippen molar-refractivity contribution in [2.75, 3.05) is 0 Å². The molecule has 18 heteroatoms. The van der Waals surface area contributed by atoms with E-state index in [9.17, 15) is 0 Å². The van der Waals surface area contributed by atoms with E-state index in [0.29, 0.717) is 0 Å². The van der Waals surface area contributed by atoms with E-state index in [1.54, 1.807) is 0 Å². The third-order valence-electron chi connectivity index (χ3n) is 0.667. The van der Waals surface area contributed by atoms with E-state index in [4.69, 9.17) is 79.2 Å². The quantitative estimate of drug-likeness (QED) is 0.166. The van der Waals surface area contributed by atoms with Crippen molar-refractivity contribution in [2.45, 2.75) is 0 Å². The van der Waals surface area contributed by atoms with Crippen molar-refractivity contribution in [3.63, 3.8) is 0 Å². The monoisotopic (exact) mass is 712 g/mol. The second kappa shape index (κ2) is 22.5. The molecule has 0 radical (unpaired) electrons. The molecule has 0 heterocycles. The average molecular weight is 709 g/mol. The molecule has 0 saturated heterocycles. The van der Waals surface area contributed by atoms with Gasteiger partial charge in [0.1, 0.15) is 0 Å². The molecular weight excluding hydrogens is 709 g/mol. The van der Waals surface area contributed by atoms with Gasteiger partial charge in [0.25, 0.3) is 0 Å². The molecule has 0 aromatic rings. The Morgan fingerprint density at radius 2 is 0.308 bits per heavy atom. The van der Waals surface area contributed by atoms with Crippen LogP contribution in [0.15, 0.2) is 0 Å². The molecule has 0 rings (SSSR count). The molecular formula is C8Hf2O16. The van der Waals surface area contributed by atoms with Crippen molar-refractivity contribution in [3.8, 4) is 0 Å². The number of carbonyl (C=O) groups is 8. The molecule has 136 valence electrons. The fourth-order valence-electron chi connectivity index (χ4n) is 0. The van der Waals surface area contributed by atoms with Crippen molar-refractivity contribution < 1.29 is 131 Å². The summed E-state index contributed by atoms with van der Waals surface area (Å²) < 4.78 is 0. The molecule has 0 unspecified atom stereocenters. The van der Waals surface area contributed by atoms with Crippen molar-refractivity contribution in [3.05, 3.63) is 0 Å². The molecule has 0 aliphatic rings. The van der Waals surface area contributed by atoms with Crippen LogP contribution in [0.1, 0.15) is 0 Å². The predicted molar refractivity (Wildman–Crippen MR) is 40.1 cm³/mol. The van der Waals surface area contributed by atoms with Crippen molar-refractivity contribution in [1.29, 1.82) is 0 Å². The van der Waals surface area contributed by atoms with Crippen molar-refractivity contribution in [2.24, 2.45) is 0 Å². The van der Waals surface area contributed by atoms with Gasteiger partial charge in [-0.15, -0.1) is 0 Å². The second-order valence-corrected chi connectivity index (χ2v) is 2.30. The Balaban J connectivity index is -0.0000000500. The largest absolute Gasteiger partial charge is 4.00 e. The van der Waals surface area contributed by atoms with Crippen LogP contribution in [0.25, 0.3) is 0 Å². The third-order valence-corrected chi connectivity index (χ3v) is 0.667. The number of carboxylic acid groups (broad SMARTS) is 8. The van der Waals surface area contributed by atoms with Crippen LogP contribution >= 0.6 is 0 Å². The number of carbonyl (C=O) groups excluding carboxylic acids is 8. The van der Waals surface area contributed by atoms with Crippen LogP contribution in [0, 0.1) is 0 Å². The smallest absolute Gasteiger partial charge is 0.543 e. The van der Waals surface area contributed by atoms with E-state index in [1.807, 2.05) is 0 Å². The van der Waals surface area contributed by atoms with Crippen molar-refractivity contribution >= 4 is 47.8 Å². The van der Waals surface area contributed by atoms with E-state index >= 15 is 0 Å². The fraction of sp³-hybridized carbons (Fsp3) is 0. The van der Waals surface area contributed by atoms with E-state index in [2.05, 4.69) is 0 Å². The zero-order chi connectivity index (χ0) is 20.6. The van der Waals surface area contributed by atoms with Crippen LogP contribution in [0.2, 0.25) is 0 Å². The molecule has 0 N–H and O–H groups in total. The molecule has 16 nitrogen and oxygen atoms in total. The van der Waals surface area contributed by atoms with E-state index in [1.165, 1.54) is 0 Å². The van der Waals surface area contributed by atoms with Gasteiger partial charge < -0.3 is 79.2 Å². The molecule has 26 heavy (non-hydrogen) atoms. The predicted octanol–water partition coefficient (Wildman–Crippen LogP) is -14.1.